The van der Waals surface area contributed by atoms with Crippen LogP contribution in [-0.2, 0) is 13.1 Å². The van der Waals surface area contributed by atoms with Crippen LogP contribution in [0.15, 0.2) is 18.2 Å². The fraction of sp³-hybridized carbons (Fsp3) is 0.600. The Morgan fingerprint density at radius 2 is 2.11 bits per heavy atom. The SMILES string of the molecule is CC1CCCN(Cc2ccc(F)cc2CN)C1C. The van der Waals surface area contributed by atoms with Gasteiger partial charge in [-0.2, -0.15) is 0 Å². The molecular formula is C15H23FN2. The van der Waals surface area contributed by atoms with Gasteiger partial charge in [-0.15, -0.1) is 0 Å². The second-order valence-electron chi connectivity index (χ2n) is 5.45. The molecule has 3 heteroatoms. The van der Waals surface area contributed by atoms with Gasteiger partial charge in [0.1, 0.15) is 5.82 Å². The summed E-state index contributed by atoms with van der Waals surface area (Å²) in [7, 11) is 0. The summed E-state index contributed by atoms with van der Waals surface area (Å²) in [6.07, 6.45) is 2.56. The van der Waals surface area contributed by atoms with Crippen molar-refractivity contribution in [3.05, 3.63) is 35.1 Å². The highest BCUT2D eigenvalue weighted by Crippen LogP contribution is 2.25. The van der Waals surface area contributed by atoms with Crippen LogP contribution in [0.25, 0.3) is 0 Å². The third-order valence-electron chi connectivity index (χ3n) is 4.27. The summed E-state index contributed by atoms with van der Waals surface area (Å²) in [4.78, 5) is 2.49. The summed E-state index contributed by atoms with van der Waals surface area (Å²) >= 11 is 0. The summed E-state index contributed by atoms with van der Waals surface area (Å²) in [5.74, 6) is 0.541. The maximum Gasteiger partial charge on any atom is 0.123 e. The smallest absolute Gasteiger partial charge is 0.123 e. The van der Waals surface area contributed by atoms with Gasteiger partial charge in [0.15, 0.2) is 0 Å². The molecule has 1 aliphatic rings. The number of hydrogen-bond acceptors (Lipinski definition) is 2. The Morgan fingerprint density at radius 1 is 1.33 bits per heavy atom. The van der Waals surface area contributed by atoms with Gasteiger partial charge >= 0.3 is 0 Å². The highest BCUT2D eigenvalue weighted by atomic mass is 19.1. The molecule has 100 valence electrons. The summed E-state index contributed by atoms with van der Waals surface area (Å²) in [5.41, 5.74) is 7.80. The molecule has 1 heterocycles. The maximum atomic E-state index is 13.2. The van der Waals surface area contributed by atoms with Crippen molar-refractivity contribution in [2.75, 3.05) is 6.54 Å². The van der Waals surface area contributed by atoms with E-state index in [1.54, 1.807) is 6.07 Å². The van der Waals surface area contributed by atoms with E-state index in [0.29, 0.717) is 12.6 Å². The van der Waals surface area contributed by atoms with Gasteiger partial charge < -0.3 is 5.73 Å². The average Bonchev–Trinajstić information content (AvgIpc) is 2.37. The fourth-order valence-corrected chi connectivity index (χ4v) is 2.80. The summed E-state index contributed by atoms with van der Waals surface area (Å²) in [6.45, 7) is 7.02. The zero-order chi connectivity index (χ0) is 13.1. The molecule has 1 aromatic carbocycles. The Labute approximate surface area is 109 Å². The predicted molar refractivity (Wildman–Crippen MR) is 72.6 cm³/mol. The lowest BCUT2D eigenvalue weighted by Crippen LogP contribution is -2.41. The number of halogens is 1. The van der Waals surface area contributed by atoms with Crippen molar-refractivity contribution in [2.45, 2.75) is 45.8 Å². The lowest BCUT2D eigenvalue weighted by Gasteiger charge is -2.38. The number of nitrogens with two attached hydrogens (primary N) is 1. The number of benzene rings is 1. The van der Waals surface area contributed by atoms with Gasteiger partial charge in [-0.1, -0.05) is 13.0 Å². The van der Waals surface area contributed by atoms with Gasteiger partial charge in [-0.3, -0.25) is 4.90 Å². The van der Waals surface area contributed by atoms with Gasteiger partial charge in [0, 0.05) is 19.1 Å². The van der Waals surface area contributed by atoms with Crippen LogP contribution in [0.3, 0.4) is 0 Å². The third kappa shape index (κ3) is 2.90. The molecule has 2 atom stereocenters. The maximum absolute atomic E-state index is 13.2. The Morgan fingerprint density at radius 3 is 2.83 bits per heavy atom. The van der Waals surface area contributed by atoms with Crippen molar-refractivity contribution in [3.8, 4) is 0 Å². The molecule has 1 aliphatic heterocycles. The molecule has 0 aliphatic carbocycles. The molecule has 0 bridgehead atoms. The fourth-order valence-electron chi connectivity index (χ4n) is 2.80. The molecular weight excluding hydrogens is 227 g/mol. The zero-order valence-corrected chi connectivity index (χ0v) is 11.3. The highest BCUT2D eigenvalue weighted by molar-refractivity contribution is 5.27. The first-order valence-corrected chi connectivity index (χ1v) is 6.83. The molecule has 0 saturated carbocycles. The molecule has 1 aromatic rings. The molecule has 1 saturated heterocycles. The van der Waals surface area contributed by atoms with E-state index in [-0.39, 0.29) is 5.82 Å². The minimum absolute atomic E-state index is 0.195. The van der Waals surface area contributed by atoms with E-state index in [0.717, 1.165) is 24.6 Å². The molecule has 2 rings (SSSR count). The van der Waals surface area contributed by atoms with Crippen LogP contribution in [0, 0.1) is 11.7 Å². The molecule has 0 spiro atoms. The normalized spacial score (nSPS) is 25.3. The first-order chi connectivity index (χ1) is 8.61. The predicted octanol–water partition coefficient (Wildman–Crippen LogP) is 2.90. The quantitative estimate of drug-likeness (QED) is 0.893. The molecule has 1 fully saturated rings. The number of piperidine rings is 1. The molecule has 0 radical (unpaired) electrons. The average molecular weight is 250 g/mol. The lowest BCUT2D eigenvalue weighted by atomic mass is 9.91. The van der Waals surface area contributed by atoms with E-state index in [4.69, 9.17) is 5.73 Å². The number of likely N-dealkylation sites (tertiary alicyclic amines) is 1. The standard InChI is InChI=1S/C15H23FN2/c1-11-4-3-7-18(12(11)2)10-13-5-6-15(16)8-14(13)9-17/h5-6,8,11-12H,3-4,7,9-10,17H2,1-2H3. The molecule has 2 unspecified atom stereocenters. The lowest BCUT2D eigenvalue weighted by molar-refractivity contribution is 0.106. The molecule has 0 amide bonds. The van der Waals surface area contributed by atoms with Crippen molar-refractivity contribution in [3.63, 3.8) is 0 Å². The summed E-state index contributed by atoms with van der Waals surface area (Å²) < 4.78 is 13.2. The van der Waals surface area contributed by atoms with Crippen molar-refractivity contribution in [1.82, 2.24) is 4.90 Å². The Kier molecular flexibility index (Phi) is 4.36. The molecule has 0 aromatic heterocycles. The summed E-state index contributed by atoms with van der Waals surface area (Å²) in [5, 5.41) is 0. The monoisotopic (exact) mass is 250 g/mol. The van der Waals surface area contributed by atoms with Crippen LogP contribution in [0.4, 0.5) is 4.39 Å². The van der Waals surface area contributed by atoms with E-state index < -0.39 is 0 Å². The van der Waals surface area contributed by atoms with Gasteiger partial charge in [-0.05, 0) is 55.5 Å². The van der Waals surface area contributed by atoms with Crippen molar-refractivity contribution >= 4 is 0 Å². The van der Waals surface area contributed by atoms with Crippen LogP contribution in [0.1, 0.15) is 37.8 Å². The van der Waals surface area contributed by atoms with Gasteiger partial charge in [0.25, 0.3) is 0 Å². The first kappa shape index (κ1) is 13.5. The van der Waals surface area contributed by atoms with Crippen LogP contribution in [0.2, 0.25) is 0 Å². The van der Waals surface area contributed by atoms with E-state index in [1.165, 1.54) is 24.5 Å². The zero-order valence-electron chi connectivity index (χ0n) is 11.3. The molecule has 2 N–H and O–H groups in total. The highest BCUT2D eigenvalue weighted by Gasteiger charge is 2.24. The van der Waals surface area contributed by atoms with Crippen LogP contribution >= 0.6 is 0 Å². The Hall–Kier alpha value is -0.930. The molecule has 18 heavy (non-hydrogen) atoms. The van der Waals surface area contributed by atoms with Crippen molar-refractivity contribution < 1.29 is 4.39 Å². The molecule has 2 nitrogen and oxygen atoms in total. The van der Waals surface area contributed by atoms with E-state index in [2.05, 4.69) is 18.7 Å². The van der Waals surface area contributed by atoms with Gasteiger partial charge in [0.05, 0.1) is 0 Å². The topological polar surface area (TPSA) is 29.3 Å². The van der Waals surface area contributed by atoms with Crippen LogP contribution in [0.5, 0.6) is 0 Å². The second-order valence-corrected chi connectivity index (χ2v) is 5.45. The van der Waals surface area contributed by atoms with Gasteiger partial charge in [-0.25, -0.2) is 4.39 Å². The largest absolute Gasteiger partial charge is 0.326 e. The minimum Gasteiger partial charge on any atom is -0.326 e. The second kappa shape index (κ2) is 5.81. The van der Waals surface area contributed by atoms with E-state index in [1.807, 2.05) is 6.07 Å². The Balaban J connectivity index is 2.13. The van der Waals surface area contributed by atoms with Crippen LogP contribution < -0.4 is 5.73 Å². The third-order valence-corrected chi connectivity index (χ3v) is 4.27. The van der Waals surface area contributed by atoms with Crippen molar-refractivity contribution in [1.29, 1.82) is 0 Å². The summed E-state index contributed by atoms with van der Waals surface area (Å²) in [6, 6.07) is 5.57. The van der Waals surface area contributed by atoms with Crippen LogP contribution in [-0.4, -0.2) is 17.5 Å². The minimum atomic E-state index is -0.195. The number of hydrogen-bond donors (Lipinski definition) is 1. The van der Waals surface area contributed by atoms with E-state index >= 15 is 0 Å². The van der Waals surface area contributed by atoms with E-state index in [9.17, 15) is 4.39 Å². The van der Waals surface area contributed by atoms with Crippen molar-refractivity contribution in [2.24, 2.45) is 11.7 Å². The number of nitrogens with zero attached hydrogens (tertiary/aromatic N) is 1. The first-order valence-electron chi connectivity index (χ1n) is 6.83. The Bertz CT molecular complexity index is 405. The number of rotatable bonds is 3. The van der Waals surface area contributed by atoms with Gasteiger partial charge in [0.2, 0.25) is 0 Å².